The molecule has 0 aliphatic rings. The maximum absolute atomic E-state index is 12.0. The number of carboxylic acids is 1. The molecule has 0 atom stereocenters. The van der Waals surface area contributed by atoms with Crippen LogP contribution in [0.3, 0.4) is 0 Å². The molecule has 0 aromatic heterocycles. The summed E-state index contributed by atoms with van der Waals surface area (Å²) < 4.78 is 28.8. The minimum absolute atomic E-state index is 0.0116. The van der Waals surface area contributed by atoms with Crippen LogP contribution in [-0.4, -0.2) is 25.1 Å². The second kappa shape index (κ2) is 4.70. The Bertz CT molecular complexity index is 572. The first-order chi connectivity index (χ1) is 8.06. The van der Waals surface area contributed by atoms with Crippen LogP contribution in [0.5, 0.6) is 0 Å². The number of benzene rings is 1. The summed E-state index contributed by atoms with van der Waals surface area (Å²) in [5.41, 5.74) is -0.351. The smallest absolute Gasteiger partial charge is 0.336 e. The van der Waals surface area contributed by atoms with E-state index in [1.807, 2.05) is 6.92 Å². The van der Waals surface area contributed by atoms with Gasteiger partial charge in [0.25, 0.3) is 10.1 Å². The second-order valence-electron chi connectivity index (χ2n) is 4.62. The molecule has 5 nitrogen and oxygen atoms in total. The fourth-order valence-electron chi connectivity index (χ4n) is 1.43. The van der Waals surface area contributed by atoms with Crippen LogP contribution in [0, 0.1) is 13.8 Å². The fraction of sp³-hybridized carbons (Fsp3) is 0.417. The molecule has 1 aromatic carbocycles. The monoisotopic (exact) mass is 272 g/mol. The zero-order chi connectivity index (χ0) is 14.1. The maximum atomic E-state index is 12.0. The Morgan fingerprint density at radius 1 is 1.28 bits per heavy atom. The topological polar surface area (TPSA) is 80.7 Å². The summed E-state index contributed by atoms with van der Waals surface area (Å²) in [4.78, 5) is 10.9. The Morgan fingerprint density at radius 3 is 2.28 bits per heavy atom. The number of rotatable bonds is 4. The molecular weight excluding hydrogens is 256 g/mol. The molecule has 0 amide bonds. The van der Waals surface area contributed by atoms with Crippen molar-refractivity contribution in [2.45, 2.75) is 38.2 Å². The number of hydrogen-bond acceptors (Lipinski definition) is 4. The lowest BCUT2D eigenvalue weighted by molar-refractivity contribution is -0.151. The molecule has 0 unspecified atom stereocenters. The summed E-state index contributed by atoms with van der Waals surface area (Å²) >= 11 is 0. The van der Waals surface area contributed by atoms with Crippen LogP contribution in [0.15, 0.2) is 23.1 Å². The lowest BCUT2D eigenvalue weighted by Crippen LogP contribution is -2.37. The molecule has 0 radical (unpaired) electrons. The molecule has 0 heterocycles. The van der Waals surface area contributed by atoms with E-state index in [9.17, 15) is 13.2 Å². The Kier molecular flexibility index (Phi) is 3.83. The van der Waals surface area contributed by atoms with Crippen LogP contribution in [0.4, 0.5) is 0 Å². The molecule has 0 bridgehead atoms. The molecule has 0 fully saturated rings. The first-order valence-corrected chi connectivity index (χ1v) is 6.73. The van der Waals surface area contributed by atoms with Crippen molar-refractivity contribution >= 4 is 16.1 Å². The van der Waals surface area contributed by atoms with Gasteiger partial charge in [-0.25, -0.2) is 8.98 Å². The third-order valence-electron chi connectivity index (χ3n) is 2.43. The summed E-state index contributed by atoms with van der Waals surface area (Å²) in [6, 6.07) is 4.75. The second-order valence-corrected chi connectivity index (χ2v) is 6.14. The lowest BCUT2D eigenvalue weighted by atomic mass is 10.1. The molecule has 0 saturated carbocycles. The number of aliphatic carboxylic acids is 1. The largest absolute Gasteiger partial charge is 0.479 e. The van der Waals surface area contributed by atoms with Crippen LogP contribution in [-0.2, 0) is 19.1 Å². The third-order valence-corrected chi connectivity index (χ3v) is 4.07. The van der Waals surface area contributed by atoms with Gasteiger partial charge >= 0.3 is 5.97 Å². The molecular formula is C12H16O5S. The van der Waals surface area contributed by atoms with Crippen molar-refractivity contribution in [3.05, 3.63) is 29.3 Å². The number of carbonyl (C=O) groups is 1. The summed E-state index contributed by atoms with van der Waals surface area (Å²) in [5.74, 6) is -1.34. The van der Waals surface area contributed by atoms with Gasteiger partial charge in [0.2, 0.25) is 0 Å². The Morgan fingerprint density at radius 2 is 1.83 bits per heavy atom. The standard InChI is InChI=1S/C12H16O5S/c1-8-5-6-10(9(2)7-8)18(15,16)17-12(3,4)11(13)14/h5-7H,1-4H3,(H,13,14). The van der Waals surface area contributed by atoms with Gasteiger partial charge in [0.1, 0.15) is 0 Å². The predicted molar refractivity (Wildman–Crippen MR) is 65.9 cm³/mol. The normalized spacial score (nSPS) is 12.4. The van der Waals surface area contributed by atoms with Gasteiger partial charge in [0, 0.05) is 0 Å². The Labute approximate surface area is 107 Å². The van der Waals surface area contributed by atoms with Gasteiger partial charge in [0.05, 0.1) is 4.90 Å². The van der Waals surface area contributed by atoms with E-state index < -0.39 is 21.7 Å². The van der Waals surface area contributed by atoms with E-state index in [0.717, 1.165) is 5.56 Å². The zero-order valence-corrected chi connectivity index (χ0v) is 11.5. The summed E-state index contributed by atoms with van der Waals surface area (Å²) in [6.45, 7) is 5.86. The Hall–Kier alpha value is -1.40. The van der Waals surface area contributed by atoms with Gasteiger partial charge in [-0.1, -0.05) is 17.7 Å². The van der Waals surface area contributed by atoms with E-state index in [2.05, 4.69) is 0 Å². The average molecular weight is 272 g/mol. The van der Waals surface area contributed by atoms with Gasteiger partial charge in [-0.15, -0.1) is 0 Å². The van der Waals surface area contributed by atoms with E-state index in [4.69, 9.17) is 9.29 Å². The van der Waals surface area contributed by atoms with Crippen LogP contribution < -0.4 is 0 Å². The van der Waals surface area contributed by atoms with E-state index in [1.54, 1.807) is 19.1 Å². The van der Waals surface area contributed by atoms with Crippen molar-refractivity contribution in [2.75, 3.05) is 0 Å². The highest BCUT2D eigenvalue weighted by Gasteiger charge is 2.35. The SMILES string of the molecule is Cc1ccc(S(=O)(=O)OC(C)(C)C(=O)O)c(C)c1. The van der Waals surface area contributed by atoms with Gasteiger partial charge in [0.15, 0.2) is 5.60 Å². The molecule has 100 valence electrons. The number of aryl methyl sites for hydroxylation is 2. The highest BCUT2D eigenvalue weighted by atomic mass is 32.2. The van der Waals surface area contributed by atoms with Crippen LogP contribution in [0.1, 0.15) is 25.0 Å². The van der Waals surface area contributed by atoms with Crippen LogP contribution in [0.2, 0.25) is 0 Å². The van der Waals surface area contributed by atoms with Gasteiger partial charge in [-0.05, 0) is 39.3 Å². The van der Waals surface area contributed by atoms with Crippen LogP contribution >= 0.6 is 0 Å². The summed E-state index contributed by atoms with van der Waals surface area (Å²) in [6.07, 6.45) is 0. The Balaban J connectivity index is 3.19. The van der Waals surface area contributed by atoms with Crippen molar-refractivity contribution in [2.24, 2.45) is 0 Å². The van der Waals surface area contributed by atoms with E-state index in [-0.39, 0.29) is 4.90 Å². The number of hydrogen-bond donors (Lipinski definition) is 1. The van der Waals surface area contributed by atoms with Crippen LogP contribution in [0.25, 0.3) is 0 Å². The molecule has 18 heavy (non-hydrogen) atoms. The zero-order valence-electron chi connectivity index (χ0n) is 10.7. The van der Waals surface area contributed by atoms with Gasteiger partial charge in [-0.3, -0.25) is 0 Å². The molecule has 1 N–H and O–H groups in total. The quantitative estimate of drug-likeness (QED) is 0.846. The van der Waals surface area contributed by atoms with E-state index in [1.165, 1.54) is 19.9 Å². The minimum atomic E-state index is -4.09. The minimum Gasteiger partial charge on any atom is -0.479 e. The first-order valence-electron chi connectivity index (χ1n) is 5.32. The van der Waals surface area contributed by atoms with Crippen molar-refractivity contribution in [3.63, 3.8) is 0 Å². The fourth-order valence-corrected chi connectivity index (χ4v) is 2.83. The lowest BCUT2D eigenvalue weighted by Gasteiger charge is -2.20. The summed E-state index contributed by atoms with van der Waals surface area (Å²) in [5, 5.41) is 8.88. The molecule has 0 aliphatic heterocycles. The van der Waals surface area contributed by atoms with Crippen molar-refractivity contribution in [3.8, 4) is 0 Å². The third kappa shape index (κ3) is 3.08. The number of carboxylic acid groups (broad SMARTS) is 1. The molecule has 0 spiro atoms. The van der Waals surface area contributed by atoms with E-state index in [0.29, 0.717) is 5.56 Å². The molecule has 6 heteroatoms. The maximum Gasteiger partial charge on any atom is 0.336 e. The van der Waals surface area contributed by atoms with Crippen molar-refractivity contribution in [1.29, 1.82) is 0 Å². The van der Waals surface area contributed by atoms with E-state index >= 15 is 0 Å². The van der Waals surface area contributed by atoms with Crippen molar-refractivity contribution in [1.82, 2.24) is 0 Å². The van der Waals surface area contributed by atoms with Crippen molar-refractivity contribution < 1.29 is 22.5 Å². The molecule has 1 aromatic rings. The average Bonchev–Trinajstić information content (AvgIpc) is 2.14. The van der Waals surface area contributed by atoms with Gasteiger partial charge < -0.3 is 5.11 Å². The first kappa shape index (κ1) is 14.7. The summed E-state index contributed by atoms with van der Waals surface area (Å²) in [7, 11) is -4.09. The molecule has 1 rings (SSSR count). The highest BCUT2D eigenvalue weighted by molar-refractivity contribution is 7.86. The highest BCUT2D eigenvalue weighted by Crippen LogP contribution is 2.23. The molecule has 0 aliphatic carbocycles. The molecule has 0 saturated heterocycles. The predicted octanol–water partition coefficient (Wildman–Crippen LogP) is 1.87. The van der Waals surface area contributed by atoms with Gasteiger partial charge in [-0.2, -0.15) is 8.42 Å².